The summed E-state index contributed by atoms with van der Waals surface area (Å²) in [5.41, 5.74) is -2.54. The third-order valence-electron chi connectivity index (χ3n) is 6.82. The van der Waals surface area contributed by atoms with Gasteiger partial charge in [-0.3, -0.25) is 0 Å². The van der Waals surface area contributed by atoms with Crippen LogP contribution in [-0.4, -0.2) is 24.2 Å². The second-order valence-electron chi connectivity index (χ2n) is 10.7. The van der Waals surface area contributed by atoms with Gasteiger partial charge in [0.05, 0.1) is 11.7 Å². The van der Waals surface area contributed by atoms with Crippen molar-refractivity contribution in [2.75, 3.05) is 0 Å². The van der Waals surface area contributed by atoms with E-state index >= 15 is 0 Å². The van der Waals surface area contributed by atoms with Crippen LogP contribution in [0, 0.1) is 16.7 Å². The first kappa shape index (κ1) is 26.5. The number of hydrogen-bond acceptors (Lipinski definition) is 2. The van der Waals surface area contributed by atoms with Crippen LogP contribution in [0.2, 0.25) is 0 Å². The molecular weight excluding hydrogens is 377 g/mol. The molecule has 0 heterocycles. The summed E-state index contributed by atoms with van der Waals surface area (Å²) in [4.78, 5) is 11.2. The van der Waals surface area contributed by atoms with Crippen LogP contribution in [0.25, 0.3) is 0 Å². The highest BCUT2D eigenvalue weighted by atomic mass is 19.4. The van der Waals surface area contributed by atoms with E-state index < -0.39 is 17.2 Å². The molecule has 1 saturated carbocycles. The minimum Gasteiger partial charge on any atom is -0.372 e. The molecule has 1 aliphatic rings. The quantitative estimate of drug-likeness (QED) is 0.251. The molecule has 0 bridgehead atoms. The number of unbranched alkanes of at least 4 members (excludes halogenated alkanes) is 5. The molecular formula is C24H43F3O2. The van der Waals surface area contributed by atoms with Crippen molar-refractivity contribution in [3.63, 3.8) is 0 Å². The third-order valence-corrected chi connectivity index (χ3v) is 6.82. The van der Waals surface area contributed by atoms with Crippen LogP contribution in [0.4, 0.5) is 13.2 Å². The van der Waals surface area contributed by atoms with Gasteiger partial charge >= 0.3 is 6.18 Å². The van der Waals surface area contributed by atoms with Gasteiger partial charge in [-0.15, -0.1) is 0 Å². The molecule has 1 atom stereocenters. The topological polar surface area (TPSA) is 26.3 Å². The van der Waals surface area contributed by atoms with Gasteiger partial charge in [-0.1, -0.05) is 66.2 Å². The average molecular weight is 421 g/mol. The van der Waals surface area contributed by atoms with Crippen LogP contribution in [0.15, 0.2) is 0 Å². The summed E-state index contributed by atoms with van der Waals surface area (Å²) in [6, 6.07) is 0. The summed E-state index contributed by atoms with van der Waals surface area (Å²) in [7, 11) is 0. The fraction of sp³-hybridized carbons (Fsp3) is 0.958. The lowest BCUT2D eigenvalue weighted by molar-refractivity contribution is -0.233. The summed E-state index contributed by atoms with van der Waals surface area (Å²) in [6.07, 6.45) is 4.20. The van der Waals surface area contributed by atoms with Crippen LogP contribution in [0.3, 0.4) is 0 Å². The number of hydrogen-bond donors (Lipinski definition) is 0. The number of alkyl halides is 3. The molecule has 1 rings (SSSR count). The van der Waals surface area contributed by atoms with Gasteiger partial charge in [0, 0.05) is 0 Å². The van der Waals surface area contributed by atoms with E-state index in [1.807, 2.05) is 0 Å². The van der Waals surface area contributed by atoms with E-state index in [1.54, 1.807) is 0 Å². The molecule has 1 fully saturated rings. The maximum Gasteiger partial charge on any atom is 0.401 e. The molecule has 0 radical (unpaired) electrons. The summed E-state index contributed by atoms with van der Waals surface area (Å²) < 4.78 is 46.4. The van der Waals surface area contributed by atoms with Crippen LogP contribution in [0.1, 0.15) is 112 Å². The van der Waals surface area contributed by atoms with Crippen LogP contribution >= 0.6 is 0 Å². The highest BCUT2D eigenvalue weighted by Crippen LogP contribution is 2.49. The molecule has 0 aliphatic heterocycles. The van der Waals surface area contributed by atoms with E-state index in [1.165, 1.54) is 32.1 Å². The lowest BCUT2D eigenvalue weighted by atomic mass is 9.69. The van der Waals surface area contributed by atoms with E-state index in [-0.39, 0.29) is 43.5 Å². The molecule has 29 heavy (non-hydrogen) atoms. The number of ether oxygens (including phenoxy) is 1. The molecule has 0 amide bonds. The van der Waals surface area contributed by atoms with Crippen molar-refractivity contribution < 1.29 is 22.7 Å². The van der Waals surface area contributed by atoms with Gasteiger partial charge in [-0.05, 0) is 57.3 Å². The van der Waals surface area contributed by atoms with E-state index in [0.717, 1.165) is 12.8 Å². The average Bonchev–Trinajstić information content (AvgIpc) is 2.59. The highest BCUT2D eigenvalue weighted by Gasteiger charge is 2.56. The second kappa shape index (κ2) is 10.6. The number of rotatable bonds is 11. The normalized spacial score (nSPS) is 25.1. The monoisotopic (exact) mass is 420 g/mol. The van der Waals surface area contributed by atoms with E-state index in [9.17, 15) is 18.0 Å². The lowest BCUT2D eigenvalue weighted by Crippen LogP contribution is -2.48. The first-order chi connectivity index (χ1) is 13.3. The molecule has 1 unspecified atom stereocenters. The summed E-state index contributed by atoms with van der Waals surface area (Å²) in [5, 5.41) is 0. The van der Waals surface area contributed by atoms with Crippen molar-refractivity contribution in [2.45, 2.75) is 130 Å². The van der Waals surface area contributed by atoms with Gasteiger partial charge in [0.25, 0.3) is 0 Å². The van der Waals surface area contributed by atoms with E-state index in [0.29, 0.717) is 5.92 Å². The van der Waals surface area contributed by atoms with Gasteiger partial charge in [0.15, 0.2) is 0 Å². The first-order valence-corrected chi connectivity index (χ1v) is 11.5. The molecule has 0 aromatic heterocycles. The molecule has 0 saturated heterocycles. The van der Waals surface area contributed by atoms with Crippen LogP contribution < -0.4 is 0 Å². The molecule has 1 aliphatic carbocycles. The molecule has 0 aromatic carbocycles. The van der Waals surface area contributed by atoms with E-state index in [2.05, 4.69) is 41.5 Å². The largest absolute Gasteiger partial charge is 0.401 e. The Morgan fingerprint density at radius 3 is 1.93 bits per heavy atom. The summed E-state index contributed by atoms with van der Waals surface area (Å²) in [5.74, 6) is 0.321. The highest BCUT2D eigenvalue weighted by molar-refractivity contribution is 5.61. The number of carbonyl (C=O) groups excluding carboxylic acids is 1. The Kier molecular flexibility index (Phi) is 9.70. The SMILES string of the molecule is CCCCCCCCC(C(C)(C)C)C(C)(C)OC1CCC(C=O)(C(F)(F)F)CC1. The number of aldehydes is 1. The van der Waals surface area contributed by atoms with Gasteiger partial charge in [-0.2, -0.15) is 13.2 Å². The summed E-state index contributed by atoms with van der Waals surface area (Å²) in [6.45, 7) is 13.1. The van der Waals surface area contributed by atoms with Gasteiger partial charge in [0.2, 0.25) is 0 Å². The van der Waals surface area contributed by atoms with Crippen LogP contribution in [-0.2, 0) is 9.53 Å². The molecule has 172 valence electrons. The predicted molar refractivity (Wildman–Crippen MR) is 113 cm³/mol. The number of carbonyl (C=O) groups is 1. The lowest BCUT2D eigenvalue weighted by Gasteiger charge is -2.46. The molecule has 0 N–H and O–H groups in total. The Morgan fingerprint density at radius 2 is 1.48 bits per heavy atom. The zero-order valence-corrected chi connectivity index (χ0v) is 19.5. The van der Waals surface area contributed by atoms with Gasteiger partial charge in [0.1, 0.15) is 11.7 Å². The zero-order valence-electron chi connectivity index (χ0n) is 19.5. The Bertz CT molecular complexity index is 483. The van der Waals surface area contributed by atoms with Crippen LogP contribution in [0.5, 0.6) is 0 Å². The standard InChI is InChI=1S/C24H43F3O2/c1-7-8-9-10-11-12-13-20(21(2,3)4)22(5,6)29-19-14-16-23(18-28,17-15-19)24(25,26)27/h18-20H,7-17H2,1-6H3. The van der Waals surface area contributed by atoms with Crippen molar-refractivity contribution in [1.29, 1.82) is 0 Å². The van der Waals surface area contributed by atoms with Crippen molar-refractivity contribution in [1.82, 2.24) is 0 Å². The molecule has 0 aromatic rings. The minimum absolute atomic E-state index is 0.0557. The Hall–Kier alpha value is -0.580. The third kappa shape index (κ3) is 7.56. The van der Waals surface area contributed by atoms with Crippen molar-refractivity contribution in [2.24, 2.45) is 16.7 Å². The zero-order chi connectivity index (χ0) is 22.3. The maximum absolute atomic E-state index is 13.3. The Balaban J connectivity index is 2.68. The number of halogens is 3. The van der Waals surface area contributed by atoms with Crippen molar-refractivity contribution in [3.05, 3.63) is 0 Å². The van der Waals surface area contributed by atoms with Gasteiger partial charge in [-0.25, -0.2) is 0 Å². The van der Waals surface area contributed by atoms with Crippen molar-refractivity contribution in [3.8, 4) is 0 Å². The fourth-order valence-electron chi connectivity index (χ4n) is 5.16. The second-order valence-corrected chi connectivity index (χ2v) is 10.7. The van der Waals surface area contributed by atoms with Crippen molar-refractivity contribution >= 4 is 6.29 Å². The maximum atomic E-state index is 13.3. The summed E-state index contributed by atoms with van der Waals surface area (Å²) >= 11 is 0. The predicted octanol–water partition coefficient (Wildman–Crippen LogP) is 7.88. The molecule has 0 spiro atoms. The van der Waals surface area contributed by atoms with E-state index in [4.69, 9.17) is 4.74 Å². The minimum atomic E-state index is -4.47. The molecule has 2 nitrogen and oxygen atoms in total. The van der Waals surface area contributed by atoms with Gasteiger partial charge < -0.3 is 9.53 Å². The Morgan fingerprint density at radius 1 is 0.966 bits per heavy atom. The fourth-order valence-corrected chi connectivity index (χ4v) is 5.16. The molecule has 5 heteroatoms. The Labute approximate surface area is 176 Å². The first-order valence-electron chi connectivity index (χ1n) is 11.5. The smallest absolute Gasteiger partial charge is 0.372 e.